The lowest BCUT2D eigenvalue weighted by atomic mass is 9.79. The topological polar surface area (TPSA) is 50.9 Å². The lowest BCUT2D eigenvalue weighted by Gasteiger charge is -2.27. The van der Waals surface area contributed by atoms with E-state index in [1.807, 2.05) is 6.20 Å². The Labute approximate surface area is 350 Å². The zero-order valence-corrected chi connectivity index (χ0v) is 36.1. The second kappa shape index (κ2) is 14.8. The molecule has 4 heteroatoms. The molecular weight excluding hydrogens is 719 g/mol. The summed E-state index contributed by atoms with van der Waals surface area (Å²) in [6.45, 7) is 22.1. The Kier molecular flexibility index (Phi) is 9.95. The maximum atomic E-state index is 12.4. The summed E-state index contributed by atoms with van der Waals surface area (Å²) in [5.74, 6) is 0.960. The van der Waals surface area contributed by atoms with Crippen LogP contribution in [-0.4, -0.2) is 19.6 Å². The van der Waals surface area contributed by atoms with Crippen molar-refractivity contribution < 1.29 is 5.11 Å². The number of imidazole rings is 1. The molecule has 2 aromatic heterocycles. The minimum Gasteiger partial charge on any atom is -0.507 e. The first-order chi connectivity index (χ1) is 28.0. The molecule has 0 radical (unpaired) electrons. The van der Waals surface area contributed by atoms with Crippen LogP contribution in [0.3, 0.4) is 0 Å². The van der Waals surface area contributed by atoms with E-state index in [2.05, 4.69) is 213 Å². The van der Waals surface area contributed by atoms with Gasteiger partial charge in [-0.1, -0.05) is 165 Å². The summed E-state index contributed by atoms with van der Waals surface area (Å²) in [6, 6.07) is 49.6. The molecule has 0 bridgehead atoms. The molecule has 0 aliphatic carbocycles. The Balaban J connectivity index is 1.43. The van der Waals surface area contributed by atoms with Crippen molar-refractivity contribution in [2.24, 2.45) is 0 Å². The van der Waals surface area contributed by atoms with Crippen molar-refractivity contribution in [1.29, 1.82) is 0 Å². The van der Waals surface area contributed by atoms with E-state index >= 15 is 0 Å². The van der Waals surface area contributed by atoms with Gasteiger partial charge in [-0.15, -0.1) is 0 Å². The molecule has 296 valence electrons. The second-order valence-electron chi connectivity index (χ2n) is 19.1. The van der Waals surface area contributed by atoms with Crippen molar-refractivity contribution in [2.75, 3.05) is 0 Å². The highest BCUT2D eigenvalue weighted by Gasteiger charge is 2.29. The summed E-state index contributed by atoms with van der Waals surface area (Å²) in [6.07, 6.45) is 1.91. The molecule has 6 aromatic carbocycles. The van der Waals surface area contributed by atoms with Crippen LogP contribution in [0.2, 0.25) is 0 Å². The average molecular weight is 774 g/mol. The third-order valence-electron chi connectivity index (χ3n) is 11.5. The molecule has 8 rings (SSSR count). The minimum atomic E-state index is -0.307. The zero-order valence-electron chi connectivity index (χ0n) is 36.1. The van der Waals surface area contributed by atoms with E-state index in [9.17, 15) is 5.11 Å². The predicted molar refractivity (Wildman–Crippen MR) is 249 cm³/mol. The molecule has 4 nitrogen and oxygen atoms in total. The molecule has 59 heavy (non-hydrogen) atoms. The van der Waals surface area contributed by atoms with Gasteiger partial charge < -0.3 is 5.11 Å². The van der Waals surface area contributed by atoms with Crippen LogP contribution in [-0.2, 0) is 16.2 Å². The van der Waals surface area contributed by atoms with Crippen molar-refractivity contribution in [3.8, 4) is 67.5 Å². The first-order valence-corrected chi connectivity index (χ1v) is 20.7. The van der Waals surface area contributed by atoms with Gasteiger partial charge in [0.1, 0.15) is 11.6 Å². The largest absolute Gasteiger partial charge is 0.507 e. The summed E-state index contributed by atoms with van der Waals surface area (Å²) >= 11 is 0. The summed E-state index contributed by atoms with van der Waals surface area (Å²) < 4.78 is 2.26. The van der Waals surface area contributed by atoms with Crippen LogP contribution in [0.5, 0.6) is 5.75 Å². The van der Waals surface area contributed by atoms with E-state index in [1.54, 1.807) is 0 Å². The molecule has 0 amide bonds. The highest BCUT2D eigenvalue weighted by Crippen LogP contribution is 2.46. The molecule has 0 unspecified atom stereocenters. The Morgan fingerprint density at radius 3 is 1.83 bits per heavy atom. The van der Waals surface area contributed by atoms with Crippen LogP contribution < -0.4 is 0 Å². The van der Waals surface area contributed by atoms with Crippen LogP contribution in [0, 0.1) is 6.92 Å². The van der Waals surface area contributed by atoms with Crippen molar-refractivity contribution >= 4 is 11.0 Å². The normalized spacial score (nSPS) is 12.3. The Hall–Kier alpha value is -6.26. The van der Waals surface area contributed by atoms with Crippen LogP contribution in [0.25, 0.3) is 72.7 Å². The number of benzene rings is 6. The molecule has 0 fully saturated rings. The summed E-state index contributed by atoms with van der Waals surface area (Å²) in [5, 5.41) is 12.4. The van der Waals surface area contributed by atoms with Crippen molar-refractivity contribution in [3.63, 3.8) is 0 Å². The fourth-order valence-corrected chi connectivity index (χ4v) is 7.97. The molecule has 0 aliphatic rings. The van der Waals surface area contributed by atoms with Gasteiger partial charge in [-0.05, 0) is 99.0 Å². The number of phenols is 1. The number of fused-ring (bicyclic) bond motifs is 1. The fraction of sp³-hybridized carbons (Fsp3) is 0.236. The summed E-state index contributed by atoms with van der Waals surface area (Å²) in [4.78, 5) is 10.5. The number of phenolic OH excluding ortho intramolecular Hbond substituents is 1. The number of hydrogen-bond donors (Lipinski definition) is 1. The number of hydrogen-bond acceptors (Lipinski definition) is 3. The van der Waals surface area contributed by atoms with Gasteiger partial charge in [0.15, 0.2) is 0 Å². The molecule has 0 saturated carbocycles. The number of aryl methyl sites for hydroxylation is 1. The zero-order chi connectivity index (χ0) is 41.9. The van der Waals surface area contributed by atoms with Crippen LogP contribution >= 0.6 is 0 Å². The number of aromatic hydroxyl groups is 1. The van der Waals surface area contributed by atoms with E-state index in [0.29, 0.717) is 11.4 Å². The molecule has 0 aliphatic heterocycles. The lowest BCUT2D eigenvalue weighted by Crippen LogP contribution is -2.17. The number of rotatable bonds is 6. The van der Waals surface area contributed by atoms with Gasteiger partial charge in [-0.3, -0.25) is 9.55 Å². The highest BCUT2D eigenvalue weighted by atomic mass is 16.3. The Morgan fingerprint density at radius 1 is 0.492 bits per heavy atom. The number of para-hydroxylation sites is 2. The lowest BCUT2D eigenvalue weighted by molar-refractivity contribution is 0.446. The number of nitrogens with zero attached hydrogens (tertiary/aromatic N) is 3. The maximum Gasteiger partial charge on any atom is 0.149 e. The minimum absolute atomic E-state index is 0.130. The molecule has 0 spiro atoms. The van der Waals surface area contributed by atoms with Crippen molar-refractivity contribution in [2.45, 2.75) is 85.5 Å². The smallest absolute Gasteiger partial charge is 0.149 e. The van der Waals surface area contributed by atoms with E-state index in [1.165, 1.54) is 16.7 Å². The van der Waals surface area contributed by atoms with E-state index < -0.39 is 0 Å². The van der Waals surface area contributed by atoms with Gasteiger partial charge in [-0.25, -0.2) is 4.98 Å². The molecule has 8 aromatic rings. The second-order valence-corrected chi connectivity index (χ2v) is 19.1. The Bertz CT molecular complexity index is 2820. The highest BCUT2D eigenvalue weighted by molar-refractivity contribution is 5.98. The van der Waals surface area contributed by atoms with E-state index in [4.69, 9.17) is 9.97 Å². The quantitative estimate of drug-likeness (QED) is 0.183. The van der Waals surface area contributed by atoms with Gasteiger partial charge in [0.25, 0.3) is 0 Å². The van der Waals surface area contributed by atoms with Gasteiger partial charge in [0, 0.05) is 28.5 Å². The SMILES string of the molecule is Cc1ccc(-c2ccnc(-c3cc(-c4cccc5c4nc(-c4cc(C(C)(C)C)cc(C(C)(C)C)c4O)n5-c4ccccc4-c4ccccc4)cc(C(C)(C)C)c3)c2)cc1. The van der Waals surface area contributed by atoms with Crippen molar-refractivity contribution in [3.05, 3.63) is 168 Å². The standard InChI is InChI=1S/C55H55N3O/c1-35-23-25-36(26-24-35)38-27-28-56-47(32-38)40-29-39(30-41(31-40)53(2,3)4)44-20-16-22-49-50(44)57-52(45-33-42(54(5,6)7)34-46(51(45)59)55(8,9)10)58(49)48-21-15-14-19-43(48)37-17-12-11-13-18-37/h11-34,59H,1-10H3. The molecular formula is C55H55N3O. The average Bonchev–Trinajstić information content (AvgIpc) is 3.59. The molecule has 1 N–H and O–H groups in total. The van der Waals surface area contributed by atoms with Crippen LogP contribution in [0.15, 0.2) is 146 Å². The summed E-state index contributed by atoms with van der Waals surface area (Å²) in [5.41, 5.74) is 16.0. The van der Waals surface area contributed by atoms with Gasteiger partial charge >= 0.3 is 0 Å². The fourth-order valence-electron chi connectivity index (χ4n) is 7.97. The molecule has 0 saturated heterocycles. The van der Waals surface area contributed by atoms with Gasteiger partial charge in [0.2, 0.25) is 0 Å². The third-order valence-corrected chi connectivity index (χ3v) is 11.5. The Morgan fingerprint density at radius 2 is 1.14 bits per heavy atom. The number of pyridine rings is 1. The first kappa shape index (κ1) is 39.6. The van der Waals surface area contributed by atoms with E-state index in [0.717, 1.165) is 66.9 Å². The maximum absolute atomic E-state index is 12.4. The van der Waals surface area contributed by atoms with Gasteiger partial charge in [-0.2, -0.15) is 0 Å². The van der Waals surface area contributed by atoms with Crippen molar-refractivity contribution in [1.82, 2.24) is 14.5 Å². The molecule has 2 heterocycles. The first-order valence-electron chi connectivity index (χ1n) is 20.7. The third kappa shape index (κ3) is 7.72. The van der Waals surface area contributed by atoms with Crippen LogP contribution in [0.1, 0.15) is 84.6 Å². The number of aromatic nitrogens is 3. The van der Waals surface area contributed by atoms with Gasteiger partial charge in [0.05, 0.1) is 28.0 Å². The monoisotopic (exact) mass is 773 g/mol. The van der Waals surface area contributed by atoms with Crippen LogP contribution in [0.4, 0.5) is 0 Å². The summed E-state index contributed by atoms with van der Waals surface area (Å²) in [7, 11) is 0. The van der Waals surface area contributed by atoms with E-state index in [-0.39, 0.29) is 22.0 Å². The predicted octanol–water partition coefficient (Wildman–Crippen LogP) is 14.7. The molecule has 0 atom stereocenters.